The van der Waals surface area contributed by atoms with Crippen molar-refractivity contribution in [2.24, 2.45) is 22.7 Å². The smallest absolute Gasteiger partial charge is 0.309 e. The molecule has 1 heterocycles. The Morgan fingerprint density at radius 1 is 1.17 bits per heavy atom. The molecule has 2 saturated carbocycles. The molecule has 3 fully saturated rings. The number of ether oxygens (including phenoxy) is 3. The largest absolute Gasteiger partial charge is 0.469 e. The van der Waals surface area contributed by atoms with E-state index in [0.717, 1.165) is 64.6 Å². The second-order valence-electron chi connectivity index (χ2n) is 11.9. The molecular formula is C25H42O4Si. The summed E-state index contributed by atoms with van der Waals surface area (Å²) in [4.78, 5) is 13.1. The van der Waals surface area contributed by atoms with Crippen molar-refractivity contribution in [3.05, 3.63) is 11.6 Å². The second-order valence-corrected chi connectivity index (χ2v) is 17.4. The Morgan fingerprint density at radius 2 is 1.90 bits per heavy atom. The Labute approximate surface area is 184 Å². The SMILES string of the molecule is COC(=O)[C@@H]1CCC[C@@H]2CC3(CC[C@]2(C)[C@@]12CC=C(C[Si](C)(C)C)CC2)OCCO3. The monoisotopic (exact) mass is 434 g/mol. The van der Waals surface area contributed by atoms with Crippen LogP contribution in [-0.2, 0) is 19.0 Å². The van der Waals surface area contributed by atoms with Crippen molar-refractivity contribution in [1.82, 2.24) is 0 Å². The maximum Gasteiger partial charge on any atom is 0.309 e. The molecule has 0 aromatic carbocycles. The minimum absolute atomic E-state index is 0.00438. The van der Waals surface area contributed by atoms with E-state index in [4.69, 9.17) is 14.2 Å². The molecule has 0 amide bonds. The van der Waals surface area contributed by atoms with E-state index in [-0.39, 0.29) is 28.5 Å². The summed E-state index contributed by atoms with van der Waals surface area (Å²) in [5.74, 6) is 0.226. The Morgan fingerprint density at radius 3 is 2.50 bits per heavy atom. The van der Waals surface area contributed by atoms with Gasteiger partial charge in [-0.1, -0.05) is 44.6 Å². The molecule has 30 heavy (non-hydrogen) atoms. The highest BCUT2D eigenvalue weighted by atomic mass is 28.3. The summed E-state index contributed by atoms with van der Waals surface area (Å²) in [6.07, 6.45) is 12.1. The maximum atomic E-state index is 13.1. The third-order valence-electron chi connectivity index (χ3n) is 9.04. The van der Waals surface area contributed by atoms with Gasteiger partial charge in [-0.25, -0.2) is 0 Å². The van der Waals surface area contributed by atoms with E-state index in [1.165, 1.54) is 12.5 Å². The van der Waals surface area contributed by atoms with Crippen LogP contribution in [0.3, 0.4) is 0 Å². The van der Waals surface area contributed by atoms with Crippen LogP contribution in [0.15, 0.2) is 11.6 Å². The van der Waals surface area contributed by atoms with Gasteiger partial charge in [-0.05, 0) is 61.3 Å². The average molecular weight is 435 g/mol. The molecule has 1 saturated heterocycles. The van der Waals surface area contributed by atoms with Gasteiger partial charge in [0.05, 0.1) is 26.2 Å². The molecule has 0 unspecified atom stereocenters. The fourth-order valence-corrected chi connectivity index (χ4v) is 9.20. The number of carbonyl (C=O) groups is 1. The van der Waals surface area contributed by atoms with Crippen LogP contribution >= 0.6 is 0 Å². The first-order valence-corrected chi connectivity index (χ1v) is 15.9. The summed E-state index contributed by atoms with van der Waals surface area (Å²) >= 11 is 0. The predicted molar refractivity (Wildman–Crippen MR) is 122 cm³/mol. The van der Waals surface area contributed by atoms with Crippen LogP contribution in [0.4, 0.5) is 0 Å². The van der Waals surface area contributed by atoms with Gasteiger partial charge in [-0.15, -0.1) is 0 Å². The molecule has 1 aliphatic heterocycles. The zero-order valence-electron chi connectivity index (χ0n) is 19.9. The lowest BCUT2D eigenvalue weighted by atomic mass is 9.46. The molecule has 0 N–H and O–H groups in total. The van der Waals surface area contributed by atoms with E-state index in [1.54, 1.807) is 12.7 Å². The molecule has 4 rings (SSSR count). The van der Waals surface area contributed by atoms with Crippen LogP contribution in [0.25, 0.3) is 0 Å². The zero-order valence-corrected chi connectivity index (χ0v) is 20.9. The average Bonchev–Trinajstić information content (AvgIpc) is 3.11. The van der Waals surface area contributed by atoms with E-state index in [1.807, 2.05) is 0 Å². The van der Waals surface area contributed by atoms with Crippen molar-refractivity contribution >= 4 is 14.0 Å². The maximum absolute atomic E-state index is 13.1. The first-order chi connectivity index (χ1) is 14.1. The summed E-state index contributed by atoms with van der Waals surface area (Å²) < 4.78 is 17.7. The number of methoxy groups -OCH3 is 1. The second kappa shape index (κ2) is 8.04. The highest BCUT2D eigenvalue weighted by Crippen LogP contribution is 2.67. The van der Waals surface area contributed by atoms with Crippen LogP contribution < -0.4 is 0 Å². The van der Waals surface area contributed by atoms with Gasteiger partial charge in [0.2, 0.25) is 0 Å². The number of fused-ring (bicyclic) bond motifs is 2. The van der Waals surface area contributed by atoms with Gasteiger partial charge in [0.25, 0.3) is 0 Å². The molecule has 0 bridgehead atoms. The Bertz CT molecular complexity index is 690. The molecule has 4 aliphatic rings. The highest BCUT2D eigenvalue weighted by molar-refractivity contribution is 6.76. The van der Waals surface area contributed by atoms with Gasteiger partial charge in [-0.3, -0.25) is 4.79 Å². The third kappa shape index (κ3) is 3.84. The predicted octanol–water partition coefficient (Wildman–Crippen LogP) is 5.94. The first kappa shape index (κ1) is 22.5. The molecule has 170 valence electrons. The lowest BCUT2D eigenvalue weighted by Crippen LogP contribution is -2.56. The van der Waals surface area contributed by atoms with Gasteiger partial charge in [0.1, 0.15) is 0 Å². The summed E-state index contributed by atoms with van der Waals surface area (Å²) in [7, 11) is 0.446. The Balaban J connectivity index is 1.69. The van der Waals surface area contributed by atoms with E-state index in [2.05, 4.69) is 32.6 Å². The zero-order chi connectivity index (χ0) is 21.6. The summed E-state index contributed by atoms with van der Waals surface area (Å²) in [6, 6.07) is 1.29. The molecule has 4 atom stereocenters. The normalized spacial score (nSPS) is 38.8. The molecule has 0 radical (unpaired) electrons. The topological polar surface area (TPSA) is 44.8 Å². The van der Waals surface area contributed by atoms with Crippen molar-refractivity contribution < 1.29 is 19.0 Å². The van der Waals surface area contributed by atoms with Crippen molar-refractivity contribution in [2.45, 2.75) is 96.2 Å². The molecule has 5 heteroatoms. The first-order valence-electron chi connectivity index (χ1n) is 12.2. The fourth-order valence-electron chi connectivity index (χ4n) is 7.51. The van der Waals surface area contributed by atoms with Crippen LogP contribution in [0, 0.1) is 22.7 Å². The number of hydrogen-bond donors (Lipinski definition) is 0. The number of hydrogen-bond acceptors (Lipinski definition) is 4. The van der Waals surface area contributed by atoms with E-state index < -0.39 is 8.07 Å². The van der Waals surface area contributed by atoms with E-state index >= 15 is 0 Å². The fraction of sp³-hybridized carbons (Fsp3) is 0.880. The van der Waals surface area contributed by atoms with E-state index in [9.17, 15) is 4.79 Å². The highest BCUT2D eigenvalue weighted by Gasteiger charge is 2.63. The van der Waals surface area contributed by atoms with Crippen LogP contribution in [0.5, 0.6) is 0 Å². The third-order valence-corrected chi connectivity index (χ3v) is 10.6. The van der Waals surface area contributed by atoms with Crippen molar-refractivity contribution in [3.8, 4) is 0 Å². The van der Waals surface area contributed by atoms with Crippen molar-refractivity contribution in [3.63, 3.8) is 0 Å². The minimum Gasteiger partial charge on any atom is -0.469 e. The van der Waals surface area contributed by atoms with Gasteiger partial charge in [0, 0.05) is 20.9 Å². The van der Waals surface area contributed by atoms with E-state index in [0.29, 0.717) is 5.92 Å². The molecular weight excluding hydrogens is 392 g/mol. The van der Waals surface area contributed by atoms with Crippen LogP contribution in [-0.4, -0.2) is 40.2 Å². The van der Waals surface area contributed by atoms with Crippen molar-refractivity contribution in [1.29, 1.82) is 0 Å². The standard InChI is InChI=1S/C25H42O4Si/c1-23-13-14-25(28-15-16-29-25)17-20(23)7-6-8-21(22(26)27-2)24(23)11-9-19(10-12-24)18-30(3,4)5/h9,20-21H,6-8,10-18H2,1-5H3/t20-,21+,23+,24-/m1/s1. The summed E-state index contributed by atoms with van der Waals surface area (Å²) in [5.41, 5.74) is 1.77. The van der Waals surface area contributed by atoms with Gasteiger partial charge in [0.15, 0.2) is 5.79 Å². The molecule has 2 spiro atoms. The van der Waals surface area contributed by atoms with Gasteiger partial charge in [-0.2, -0.15) is 0 Å². The van der Waals surface area contributed by atoms with Crippen LogP contribution in [0.2, 0.25) is 25.7 Å². The molecule has 4 nitrogen and oxygen atoms in total. The minimum atomic E-state index is -1.13. The number of esters is 1. The van der Waals surface area contributed by atoms with Gasteiger partial charge < -0.3 is 14.2 Å². The molecule has 0 aromatic heterocycles. The van der Waals surface area contributed by atoms with Gasteiger partial charge >= 0.3 is 5.97 Å². The molecule has 3 aliphatic carbocycles. The number of rotatable bonds is 3. The lowest BCUT2D eigenvalue weighted by Gasteiger charge is -2.59. The number of allylic oxidation sites excluding steroid dienone is 2. The summed E-state index contributed by atoms with van der Waals surface area (Å²) in [6.45, 7) is 11.3. The quantitative estimate of drug-likeness (QED) is 0.313. The Kier molecular flexibility index (Phi) is 6.04. The summed E-state index contributed by atoms with van der Waals surface area (Å²) in [5, 5.41) is 0. The van der Waals surface area contributed by atoms with Crippen LogP contribution in [0.1, 0.15) is 64.7 Å². The molecule has 0 aromatic rings. The Hall–Kier alpha value is -0.653. The van der Waals surface area contributed by atoms with Crippen molar-refractivity contribution in [2.75, 3.05) is 20.3 Å². The number of carbonyl (C=O) groups excluding carboxylic acids is 1. The lowest BCUT2D eigenvalue weighted by molar-refractivity contribution is -0.226.